The molecule has 1 aliphatic heterocycles. The van der Waals surface area contributed by atoms with Gasteiger partial charge in [0.1, 0.15) is 11.4 Å². The number of ether oxygens (including phenoxy) is 1. The monoisotopic (exact) mass is 502 g/mol. The van der Waals surface area contributed by atoms with Gasteiger partial charge in [0, 0.05) is 31.1 Å². The third-order valence-electron chi connectivity index (χ3n) is 5.72. The highest BCUT2D eigenvalue weighted by Gasteiger charge is 2.27. The molecule has 0 aromatic carbocycles. The Morgan fingerprint density at radius 3 is 2.94 bits per heavy atom. The molecule has 4 rings (SSSR count). The van der Waals surface area contributed by atoms with Crippen molar-refractivity contribution in [3.8, 4) is 0 Å². The fourth-order valence-electron chi connectivity index (χ4n) is 4.26. The second-order valence-corrected chi connectivity index (χ2v) is 10.1. The van der Waals surface area contributed by atoms with Crippen LogP contribution in [-0.4, -0.2) is 57.4 Å². The number of likely N-dealkylation sites (tertiary alicyclic amines) is 1. The molecule has 0 radical (unpaired) electrons. The van der Waals surface area contributed by atoms with Crippen LogP contribution in [0.3, 0.4) is 0 Å². The molecule has 1 unspecified atom stereocenters. The van der Waals surface area contributed by atoms with Gasteiger partial charge in [0.05, 0.1) is 16.4 Å². The van der Waals surface area contributed by atoms with Crippen LogP contribution in [-0.2, 0) is 4.74 Å². The molecule has 2 aliphatic rings. The quantitative estimate of drug-likeness (QED) is 0.637. The summed E-state index contributed by atoms with van der Waals surface area (Å²) in [6.07, 6.45) is 10.9. The fraction of sp³-hybridized carbons (Fsp3) is 0.522. The van der Waals surface area contributed by atoms with Crippen molar-refractivity contribution in [1.29, 1.82) is 0 Å². The number of carbonyl (C=O) groups is 1. The van der Waals surface area contributed by atoms with Crippen LogP contribution in [0.4, 0.5) is 10.6 Å². The standard InChI is InChI=1S/C23H31BrN6O2/c1-23(2,3)32-22(31)26-10-12-29-11-6-9-16(14-29)19-18(24)20(25)30-21(28-19)17(13-27-30)15-7-4-5-8-15/h4,7-8,13,16H,5-6,9-12,14,25H2,1-3H3,(H,26,31). The molecule has 1 saturated heterocycles. The van der Waals surface area contributed by atoms with Gasteiger partial charge in [0.15, 0.2) is 5.65 Å². The number of alkyl carbamates (subject to hydrolysis) is 1. The second-order valence-electron chi connectivity index (χ2n) is 9.36. The Morgan fingerprint density at radius 1 is 1.41 bits per heavy atom. The molecule has 2 aromatic rings. The summed E-state index contributed by atoms with van der Waals surface area (Å²) in [6, 6.07) is 0. The predicted molar refractivity (Wildman–Crippen MR) is 129 cm³/mol. The van der Waals surface area contributed by atoms with Crippen molar-refractivity contribution >= 4 is 39.1 Å². The maximum atomic E-state index is 11.9. The van der Waals surface area contributed by atoms with Crippen LogP contribution < -0.4 is 11.1 Å². The molecule has 32 heavy (non-hydrogen) atoms. The summed E-state index contributed by atoms with van der Waals surface area (Å²) in [5.74, 6) is 0.824. The van der Waals surface area contributed by atoms with E-state index in [2.05, 4.69) is 49.5 Å². The number of nitrogens with one attached hydrogen (secondary N) is 1. The molecule has 1 aliphatic carbocycles. The van der Waals surface area contributed by atoms with Crippen molar-refractivity contribution in [2.45, 2.75) is 51.6 Å². The van der Waals surface area contributed by atoms with Crippen LogP contribution in [0.2, 0.25) is 0 Å². The van der Waals surface area contributed by atoms with Crippen molar-refractivity contribution in [3.63, 3.8) is 0 Å². The van der Waals surface area contributed by atoms with Gasteiger partial charge >= 0.3 is 6.09 Å². The van der Waals surface area contributed by atoms with Gasteiger partial charge in [-0.1, -0.05) is 18.2 Å². The minimum atomic E-state index is -0.492. The highest BCUT2D eigenvalue weighted by Crippen LogP contribution is 2.36. The lowest BCUT2D eigenvalue weighted by Crippen LogP contribution is -2.41. The number of hydrogen-bond donors (Lipinski definition) is 2. The lowest BCUT2D eigenvalue weighted by Gasteiger charge is -2.33. The van der Waals surface area contributed by atoms with Gasteiger partial charge in [-0.05, 0) is 68.1 Å². The number of nitrogen functional groups attached to an aromatic ring is 1. The van der Waals surface area contributed by atoms with Crippen LogP contribution >= 0.6 is 15.9 Å². The van der Waals surface area contributed by atoms with E-state index in [4.69, 9.17) is 15.5 Å². The molecule has 1 atom stereocenters. The first kappa shape index (κ1) is 22.8. The molecule has 2 aromatic heterocycles. The minimum Gasteiger partial charge on any atom is -0.444 e. The van der Waals surface area contributed by atoms with Gasteiger partial charge in [-0.25, -0.2) is 9.78 Å². The van der Waals surface area contributed by atoms with Crippen molar-refractivity contribution in [2.75, 3.05) is 31.9 Å². The van der Waals surface area contributed by atoms with Crippen molar-refractivity contribution in [2.24, 2.45) is 0 Å². The average Bonchev–Trinajstić information content (AvgIpc) is 3.39. The number of anilines is 1. The number of rotatable bonds is 5. The lowest BCUT2D eigenvalue weighted by atomic mass is 9.94. The summed E-state index contributed by atoms with van der Waals surface area (Å²) in [5.41, 5.74) is 9.86. The fourth-order valence-corrected chi connectivity index (χ4v) is 4.84. The van der Waals surface area contributed by atoms with Crippen LogP contribution in [0.25, 0.3) is 11.2 Å². The molecule has 8 nitrogen and oxygen atoms in total. The maximum absolute atomic E-state index is 11.9. The van der Waals surface area contributed by atoms with E-state index in [0.717, 1.165) is 65.8 Å². The Labute approximate surface area is 197 Å². The van der Waals surface area contributed by atoms with Gasteiger partial charge in [-0.3, -0.25) is 0 Å². The van der Waals surface area contributed by atoms with E-state index in [-0.39, 0.29) is 12.0 Å². The summed E-state index contributed by atoms with van der Waals surface area (Å²) in [5, 5.41) is 7.32. The summed E-state index contributed by atoms with van der Waals surface area (Å²) >= 11 is 3.68. The van der Waals surface area contributed by atoms with Crippen LogP contribution in [0.5, 0.6) is 0 Å². The molecule has 1 fully saturated rings. The Bertz CT molecular complexity index is 1070. The number of amides is 1. The van der Waals surface area contributed by atoms with Gasteiger partial charge in [0.2, 0.25) is 0 Å². The van der Waals surface area contributed by atoms with Gasteiger partial charge < -0.3 is 20.7 Å². The van der Waals surface area contributed by atoms with Crippen molar-refractivity contribution < 1.29 is 9.53 Å². The largest absolute Gasteiger partial charge is 0.444 e. The average molecular weight is 503 g/mol. The van der Waals surface area contributed by atoms with Crippen molar-refractivity contribution in [1.82, 2.24) is 24.8 Å². The van der Waals surface area contributed by atoms with Crippen LogP contribution in [0.1, 0.15) is 57.2 Å². The third kappa shape index (κ3) is 4.99. The lowest BCUT2D eigenvalue weighted by molar-refractivity contribution is 0.0520. The third-order valence-corrected chi connectivity index (χ3v) is 6.53. The van der Waals surface area contributed by atoms with Gasteiger partial charge in [-0.2, -0.15) is 9.61 Å². The number of carbonyl (C=O) groups excluding carboxylic acids is 1. The van der Waals surface area contributed by atoms with E-state index in [1.54, 1.807) is 4.52 Å². The van der Waals surface area contributed by atoms with E-state index in [0.29, 0.717) is 12.4 Å². The highest BCUT2D eigenvalue weighted by atomic mass is 79.9. The molecule has 172 valence electrons. The topological polar surface area (TPSA) is 97.8 Å². The number of nitrogens with zero attached hydrogens (tertiary/aromatic N) is 4. The smallest absolute Gasteiger partial charge is 0.407 e. The molecule has 1 amide bonds. The minimum absolute atomic E-state index is 0.253. The molecule has 0 saturated carbocycles. The molecular weight excluding hydrogens is 472 g/mol. The van der Waals surface area contributed by atoms with E-state index < -0.39 is 5.60 Å². The summed E-state index contributed by atoms with van der Waals surface area (Å²) in [4.78, 5) is 19.3. The van der Waals surface area contributed by atoms with Crippen LogP contribution in [0, 0.1) is 0 Å². The number of nitrogens with two attached hydrogens (primary N) is 1. The van der Waals surface area contributed by atoms with E-state index in [1.165, 1.54) is 0 Å². The summed E-state index contributed by atoms with van der Waals surface area (Å²) in [6.45, 7) is 8.76. The zero-order valence-electron chi connectivity index (χ0n) is 18.9. The molecule has 0 spiro atoms. The van der Waals surface area contributed by atoms with E-state index in [9.17, 15) is 4.79 Å². The maximum Gasteiger partial charge on any atom is 0.407 e. The molecule has 0 bridgehead atoms. The van der Waals surface area contributed by atoms with Gasteiger partial charge in [0.25, 0.3) is 0 Å². The number of allylic oxidation sites excluding steroid dienone is 4. The van der Waals surface area contributed by atoms with Gasteiger partial charge in [-0.15, -0.1) is 0 Å². The molecule has 3 N–H and O–H groups in total. The number of fused-ring (bicyclic) bond motifs is 1. The Hall–Kier alpha value is -2.39. The number of hydrogen-bond acceptors (Lipinski definition) is 6. The zero-order valence-corrected chi connectivity index (χ0v) is 20.5. The van der Waals surface area contributed by atoms with E-state index in [1.807, 2.05) is 27.0 Å². The Morgan fingerprint density at radius 2 is 2.22 bits per heavy atom. The van der Waals surface area contributed by atoms with Crippen LogP contribution in [0.15, 0.2) is 28.9 Å². The summed E-state index contributed by atoms with van der Waals surface area (Å²) < 4.78 is 7.84. The zero-order chi connectivity index (χ0) is 22.9. The number of halogens is 1. The predicted octanol–water partition coefficient (Wildman–Crippen LogP) is 4.12. The Balaban J connectivity index is 1.47. The molecule has 3 heterocycles. The normalized spacial score (nSPS) is 19.4. The number of aromatic nitrogens is 3. The summed E-state index contributed by atoms with van der Waals surface area (Å²) in [7, 11) is 0. The number of piperidine rings is 1. The first-order valence-corrected chi connectivity index (χ1v) is 11.9. The van der Waals surface area contributed by atoms with E-state index >= 15 is 0 Å². The first-order chi connectivity index (χ1) is 15.2. The first-order valence-electron chi connectivity index (χ1n) is 11.1. The van der Waals surface area contributed by atoms with Crippen molar-refractivity contribution in [3.05, 3.63) is 40.2 Å². The molecule has 9 heteroatoms. The Kier molecular flexibility index (Phi) is 6.57. The SMILES string of the molecule is CC(C)(C)OC(=O)NCCN1CCCC(c2nc3c(C4=CCC=C4)cnn3c(N)c2Br)C1. The second kappa shape index (κ2) is 9.23. The highest BCUT2D eigenvalue weighted by molar-refractivity contribution is 9.10. The molecular formula is C23H31BrN6O2.